The molecule has 0 saturated carbocycles. The highest BCUT2D eigenvalue weighted by molar-refractivity contribution is 5.46. The Morgan fingerprint density at radius 3 is 2.56 bits per heavy atom. The van der Waals surface area contributed by atoms with Crippen molar-refractivity contribution in [2.45, 2.75) is 25.4 Å². The Hall–Kier alpha value is -1.26. The minimum atomic E-state index is 0.369. The lowest BCUT2D eigenvalue weighted by molar-refractivity contribution is 0.203. The van der Waals surface area contributed by atoms with E-state index in [-0.39, 0.29) is 0 Å². The van der Waals surface area contributed by atoms with Crippen LogP contribution in [0.5, 0.6) is 11.5 Å². The number of piperidine rings is 1. The van der Waals surface area contributed by atoms with Gasteiger partial charge in [-0.05, 0) is 32.0 Å². The van der Waals surface area contributed by atoms with Gasteiger partial charge in [-0.2, -0.15) is 0 Å². The Morgan fingerprint density at radius 2 is 1.94 bits per heavy atom. The number of hydrogen-bond acceptors (Lipinski definition) is 4. The standard InChI is InChI=1S/C14H22N2O2/c1-17-13-5-3-4-11(14(13)18-2)10-16-8-6-12(15)7-9-16/h3-5,12H,6-10,15H2,1-2H3. The highest BCUT2D eigenvalue weighted by atomic mass is 16.5. The van der Waals surface area contributed by atoms with Crippen LogP contribution in [-0.4, -0.2) is 38.3 Å². The van der Waals surface area contributed by atoms with Crippen LogP contribution in [0.15, 0.2) is 18.2 Å². The molecule has 18 heavy (non-hydrogen) atoms. The summed E-state index contributed by atoms with van der Waals surface area (Å²) in [6, 6.07) is 6.39. The highest BCUT2D eigenvalue weighted by Crippen LogP contribution is 2.31. The Labute approximate surface area is 109 Å². The van der Waals surface area contributed by atoms with Crippen molar-refractivity contribution in [2.75, 3.05) is 27.3 Å². The molecule has 1 heterocycles. The third-order valence-electron chi connectivity index (χ3n) is 3.51. The van der Waals surface area contributed by atoms with Gasteiger partial charge in [0.1, 0.15) is 0 Å². The van der Waals surface area contributed by atoms with Crippen molar-refractivity contribution in [3.8, 4) is 11.5 Å². The Morgan fingerprint density at radius 1 is 1.22 bits per heavy atom. The number of nitrogens with two attached hydrogens (primary N) is 1. The maximum absolute atomic E-state index is 5.92. The average molecular weight is 250 g/mol. The SMILES string of the molecule is COc1cccc(CN2CCC(N)CC2)c1OC. The van der Waals surface area contributed by atoms with E-state index in [2.05, 4.69) is 11.0 Å². The molecule has 2 N–H and O–H groups in total. The molecule has 0 bridgehead atoms. The minimum Gasteiger partial charge on any atom is -0.493 e. The number of nitrogens with zero attached hydrogens (tertiary/aromatic N) is 1. The van der Waals surface area contributed by atoms with Crippen LogP contribution in [0.1, 0.15) is 18.4 Å². The van der Waals surface area contributed by atoms with Crippen LogP contribution in [0.25, 0.3) is 0 Å². The Bertz CT molecular complexity index is 387. The number of likely N-dealkylation sites (tertiary alicyclic amines) is 1. The molecule has 0 radical (unpaired) electrons. The van der Waals surface area contributed by atoms with Gasteiger partial charge in [0.2, 0.25) is 0 Å². The molecule has 2 rings (SSSR count). The summed E-state index contributed by atoms with van der Waals surface area (Å²) in [5, 5.41) is 0. The van der Waals surface area contributed by atoms with Gasteiger partial charge in [-0.25, -0.2) is 0 Å². The first-order valence-corrected chi connectivity index (χ1v) is 6.42. The summed E-state index contributed by atoms with van der Waals surface area (Å²) in [5.41, 5.74) is 7.09. The van der Waals surface area contributed by atoms with E-state index in [1.165, 1.54) is 5.56 Å². The lowest BCUT2D eigenvalue weighted by atomic mass is 10.0. The van der Waals surface area contributed by atoms with Crippen molar-refractivity contribution in [3.05, 3.63) is 23.8 Å². The van der Waals surface area contributed by atoms with E-state index in [0.29, 0.717) is 6.04 Å². The molecule has 1 aromatic rings. The van der Waals surface area contributed by atoms with Gasteiger partial charge in [0, 0.05) is 18.2 Å². The first kappa shape index (κ1) is 13.2. The van der Waals surface area contributed by atoms with Crippen molar-refractivity contribution in [2.24, 2.45) is 5.73 Å². The summed E-state index contributed by atoms with van der Waals surface area (Å²) in [6.07, 6.45) is 2.15. The van der Waals surface area contributed by atoms with Gasteiger partial charge in [0.25, 0.3) is 0 Å². The third-order valence-corrected chi connectivity index (χ3v) is 3.51. The first-order valence-electron chi connectivity index (χ1n) is 6.42. The molecular formula is C14H22N2O2. The van der Waals surface area contributed by atoms with Gasteiger partial charge in [-0.15, -0.1) is 0 Å². The molecule has 1 aliphatic heterocycles. The average Bonchev–Trinajstić information content (AvgIpc) is 2.41. The van der Waals surface area contributed by atoms with Crippen molar-refractivity contribution < 1.29 is 9.47 Å². The molecule has 0 atom stereocenters. The maximum Gasteiger partial charge on any atom is 0.165 e. The van der Waals surface area contributed by atoms with Crippen LogP contribution >= 0.6 is 0 Å². The van der Waals surface area contributed by atoms with Crippen molar-refractivity contribution in [1.29, 1.82) is 0 Å². The summed E-state index contributed by atoms with van der Waals surface area (Å²) in [7, 11) is 3.36. The van der Waals surface area contributed by atoms with Crippen LogP contribution in [0, 0.1) is 0 Å². The zero-order valence-corrected chi connectivity index (χ0v) is 11.2. The van der Waals surface area contributed by atoms with Gasteiger partial charge < -0.3 is 15.2 Å². The normalized spacial score (nSPS) is 17.7. The monoisotopic (exact) mass is 250 g/mol. The number of para-hydroxylation sites is 1. The Balaban J connectivity index is 2.09. The van der Waals surface area contributed by atoms with Crippen LogP contribution < -0.4 is 15.2 Å². The van der Waals surface area contributed by atoms with E-state index in [0.717, 1.165) is 44.0 Å². The third kappa shape index (κ3) is 2.94. The van der Waals surface area contributed by atoms with Gasteiger partial charge in [-0.3, -0.25) is 4.90 Å². The zero-order valence-electron chi connectivity index (χ0n) is 11.2. The molecular weight excluding hydrogens is 228 g/mol. The number of rotatable bonds is 4. The summed E-state index contributed by atoms with van der Waals surface area (Å²) < 4.78 is 10.8. The van der Waals surface area contributed by atoms with Crippen molar-refractivity contribution in [1.82, 2.24) is 4.90 Å². The Kier molecular flexibility index (Phi) is 4.44. The van der Waals surface area contributed by atoms with E-state index < -0.39 is 0 Å². The molecule has 0 spiro atoms. The summed E-state index contributed by atoms with van der Waals surface area (Å²) in [4.78, 5) is 2.42. The fourth-order valence-electron chi connectivity index (χ4n) is 2.43. The second-order valence-corrected chi connectivity index (χ2v) is 4.77. The summed E-state index contributed by atoms with van der Waals surface area (Å²) in [6.45, 7) is 3.01. The van der Waals surface area contributed by atoms with Crippen LogP contribution in [0.4, 0.5) is 0 Å². The molecule has 1 aliphatic rings. The van der Waals surface area contributed by atoms with Gasteiger partial charge in [0.15, 0.2) is 11.5 Å². The molecule has 0 unspecified atom stereocenters. The molecule has 100 valence electrons. The molecule has 1 aromatic carbocycles. The number of methoxy groups -OCH3 is 2. The molecule has 0 aromatic heterocycles. The summed E-state index contributed by atoms with van der Waals surface area (Å²) in [5.74, 6) is 1.64. The molecule has 1 saturated heterocycles. The maximum atomic E-state index is 5.92. The quantitative estimate of drug-likeness (QED) is 0.882. The molecule has 1 fully saturated rings. The van der Waals surface area contributed by atoms with E-state index in [1.54, 1.807) is 14.2 Å². The predicted molar refractivity (Wildman–Crippen MR) is 72.0 cm³/mol. The lowest BCUT2D eigenvalue weighted by Crippen LogP contribution is -2.39. The molecule has 0 aliphatic carbocycles. The molecule has 4 heteroatoms. The van der Waals surface area contributed by atoms with E-state index >= 15 is 0 Å². The number of benzene rings is 1. The summed E-state index contributed by atoms with van der Waals surface area (Å²) >= 11 is 0. The largest absolute Gasteiger partial charge is 0.493 e. The van der Waals surface area contributed by atoms with Gasteiger partial charge in [0.05, 0.1) is 14.2 Å². The van der Waals surface area contributed by atoms with E-state index in [9.17, 15) is 0 Å². The van der Waals surface area contributed by atoms with Crippen molar-refractivity contribution in [3.63, 3.8) is 0 Å². The smallest absolute Gasteiger partial charge is 0.165 e. The van der Waals surface area contributed by atoms with E-state index in [4.69, 9.17) is 15.2 Å². The van der Waals surface area contributed by atoms with Gasteiger partial charge >= 0.3 is 0 Å². The van der Waals surface area contributed by atoms with Crippen LogP contribution in [0.3, 0.4) is 0 Å². The first-order chi connectivity index (χ1) is 8.74. The van der Waals surface area contributed by atoms with Crippen LogP contribution in [-0.2, 0) is 6.54 Å². The fraction of sp³-hybridized carbons (Fsp3) is 0.571. The highest BCUT2D eigenvalue weighted by Gasteiger charge is 2.18. The molecule has 0 amide bonds. The van der Waals surface area contributed by atoms with Gasteiger partial charge in [-0.1, -0.05) is 12.1 Å². The second kappa shape index (κ2) is 6.07. The lowest BCUT2D eigenvalue weighted by Gasteiger charge is -2.30. The minimum absolute atomic E-state index is 0.369. The topological polar surface area (TPSA) is 47.7 Å². The van der Waals surface area contributed by atoms with E-state index in [1.807, 2.05) is 12.1 Å². The van der Waals surface area contributed by atoms with Crippen LogP contribution in [0.2, 0.25) is 0 Å². The zero-order chi connectivity index (χ0) is 13.0. The second-order valence-electron chi connectivity index (χ2n) is 4.77. The molecule has 4 nitrogen and oxygen atoms in total. The predicted octanol–water partition coefficient (Wildman–Crippen LogP) is 1.63. The fourth-order valence-corrected chi connectivity index (χ4v) is 2.43. The number of hydrogen-bond donors (Lipinski definition) is 1. The number of ether oxygens (including phenoxy) is 2. The van der Waals surface area contributed by atoms with Crippen molar-refractivity contribution >= 4 is 0 Å².